The molecule has 2 heterocycles. The van der Waals surface area contributed by atoms with Crippen LogP contribution in [0.3, 0.4) is 0 Å². The van der Waals surface area contributed by atoms with Gasteiger partial charge in [0.1, 0.15) is 0 Å². The number of hydrogen-bond donors (Lipinski definition) is 0. The Bertz CT molecular complexity index is 2110. The molecule has 4 heteroatoms. The van der Waals surface area contributed by atoms with Gasteiger partial charge in [-0.3, -0.25) is 4.98 Å². The first kappa shape index (κ1) is 34.3. The van der Waals surface area contributed by atoms with Gasteiger partial charge in [0.05, 0.1) is 0 Å². The molecular weight excluding hydrogens is 654 g/mol. The summed E-state index contributed by atoms with van der Waals surface area (Å²) in [4.78, 5) is 7.06. The Kier molecular flexibility index (Phi) is 10.8. The third kappa shape index (κ3) is 7.87. The fourth-order valence-corrected chi connectivity index (χ4v) is 7.26. The monoisotopic (exact) mass is 693 g/mol. The molecule has 1 radical (unpaired) electrons. The second-order valence-electron chi connectivity index (χ2n) is 13.1. The van der Waals surface area contributed by atoms with Gasteiger partial charge in [-0.15, -0.1) is 35.4 Å². The van der Waals surface area contributed by atoms with Gasteiger partial charge in [-0.05, 0) is 51.2 Å². The van der Waals surface area contributed by atoms with E-state index in [2.05, 4.69) is 177 Å². The Morgan fingerprint density at radius 3 is 2.00 bits per heavy atom. The van der Waals surface area contributed by atoms with Crippen LogP contribution in [0.4, 0.5) is 17.1 Å². The van der Waals surface area contributed by atoms with E-state index in [1.54, 1.807) is 0 Å². The van der Waals surface area contributed by atoms with Crippen molar-refractivity contribution in [3.05, 3.63) is 181 Å². The summed E-state index contributed by atoms with van der Waals surface area (Å²) in [7, 11) is 0.777. The maximum Gasteiger partial charge on any atom is 2.00 e. The molecule has 49 heavy (non-hydrogen) atoms. The average molecular weight is 694 g/mol. The molecule has 0 saturated carbocycles. The van der Waals surface area contributed by atoms with E-state index in [0.29, 0.717) is 0 Å². The van der Waals surface area contributed by atoms with Gasteiger partial charge in [-0.1, -0.05) is 150 Å². The van der Waals surface area contributed by atoms with Gasteiger partial charge >= 0.3 is 17.1 Å². The van der Waals surface area contributed by atoms with E-state index in [4.69, 9.17) is 4.98 Å². The molecule has 2 nitrogen and oxygen atoms in total. The Balaban J connectivity index is 0.000000250. The van der Waals surface area contributed by atoms with Crippen LogP contribution in [0.2, 0.25) is 0 Å². The minimum Gasteiger partial charge on any atom is -0.352 e. The van der Waals surface area contributed by atoms with Crippen molar-refractivity contribution in [1.29, 1.82) is 0 Å². The second-order valence-corrected chi connectivity index (χ2v) is 14.6. The van der Waals surface area contributed by atoms with Gasteiger partial charge in [-0.25, -0.2) is 0 Å². The van der Waals surface area contributed by atoms with Gasteiger partial charge in [0.2, 0.25) is 0 Å². The summed E-state index contributed by atoms with van der Waals surface area (Å²) in [5.41, 5.74) is 10.4. The second kappa shape index (κ2) is 15.4. The van der Waals surface area contributed by atoms with Crippen molar-refractivity contribution in [3.8, 4) is 11.1 Å². The first-order valence-corrected chi connectivity index (χ1v) is 17.6. The van der Waals surface area contributed by atoms with Crippen molar-refractivity contribution in [2.75, 3.05) is 4.90 Å². The number of aryl methyl sites for hydroxylation is 2. The van der Waals surface area contributed by atoms with Gasteiger partial charge in [0, 0.05) is 17.4 Å². The molecule has 0 N–H and O–H groups in total. The number of fused-ring (bicyclic) bond motifs is 3. The molecule has 1 aliphatic heterocycles. The average Bonchev–Trinajstić information content (AvgIpc) is 3.29. The van der Waals surface area contributed by atoms with Gasteiger partial charge in [0.15, 0.2) is 0 Å². The van der Waals surface area contributed by atoms with Crippen LogP contribution in [0.25, 0.3) is 22.0 Å². The third-order valence-corrected chi connectivity index (χ3v) is 9.96. The van der Waals surface area contributed by atoms with E-state index in [9.17, 15) is 0 Å². The van der Waals surface area contributed by atoms with Crippen LogP contribution in [0.5, 0.6) is 0 Å². The van der Waals surface area contributed by atoms with Crippen LogP contribution in [-0.4, -0.2) is 4.98 Å². The predicted octanol–water partition coefficient (Wildman–Crippen LogP) is 10.7. The molecule has 0 fully saturated rings. The summed E-state index contributed by atoms with van der Waals surface area (Å²) in [6, 6.07) is 58.9. The zero-order valence-corrected chi connectivity index (χ0v) is 30.3. The van der Waals surface area contributed by atoms with E-state index in [0.717, 1.165) is 54.8 Å². The first-order chi connectivity index (χ1) is 23.4. The Labute approximate surface area is 303 Å². The zero-order chi connectivity index (χ0) is 32.9. The van der Waals surface area contributed by atoms with Crippen LogP contribution in [-0.2, 0) is 35.3 Å². The van der Waals surface area contributed by atoms with Crippen LogP contribution in [0, 0.1) is 12.1 Å². The van der Waals surface area contributed by atoms with Crippen molar-refractivity contribution in [1.82, 2.24) is 4.98 Å². The molecule has 0 saturated heterocycles. The maximum atomic E-state index is 4.70. The van der Waals surface area contributed by atoms with E-state index in [-0.39, 0.29) is 22.5 Å². The molecule has 0 unspecified atom stereocenters. The van der Waals surface area contributed by atoms with E-state index >= 15 is 0 Å². The zero-order valence-electron chi connectivity index (χ0n) is 28.1. The Hall–Kier alpha value is -4.52. The molecule has 0 spiro atoms. The fourth-order valence-electron chi connectivity index (χ4n) is 6.21. The molecule has 0 atom stereocenters. The topological polar surface area (TPSA) is 16.1 Å². The summed E-state index contributed by atoms with van der Waals surface area (Å²) in [5.74, 6) is 0. The van der Waals surface area contributed by atoms with Gasteiger partial charge in [-0.2, -0.15) is 23.8 Å². The summed E-state index contributed by atoms with van der Waals surface area (Å²) in [5, 5.41) is 3.93. The summed E-state index contributed by atoms with van der Waals surface area (Å²) < 4.78 is 0. The quantitative estimate of drug-likeness (QED) is 0.104. The molecular formula is C45H39MnN2P. The van der Waals surface area contributed by atoms with Crippen LogP contribution >= 0.6 is 8.58 Å². The molecule has 7 aromatic rings. The number of nitrogens with zero attached hydrogens (tertiary/aromatic N) is 2. The third-order valence-electron chi connectivity index (χ3n) is 8.72. The molecule has 6 aromatic carbocycles. The molecule has 0 aliphatic carbocycles. The van der Waals surface area contributed by atoms with Gasteiger partial charge < -0.3 is 4.90 Å². The van der Waals surface area contributed by atoms with Gasteiger partial charge in [0.25, 0.3) is 0 Å². The van der Waals surface area contributed by atoms with Crippen molar-refractivity contribution >= 4 is 47.2 Å². The molecule has 0 bridgehead atoms. The largest absolute Gasteiger partial charge is 2.00 e. The number of para-hydroxylation sites is 2. The van der Waals surface area contributed by atoms with Crippen molar-refractivity contribution in [2.45, 2.75) is 39.0 Å². The van der Waals surface area contributed by atoms with Crippen molar-refractivity contribution in [2.24, 2.45) is 0 Å². The summed E-state index contributed by atoms with van der Waals surface area (Å²) in [6.07, 6.45) is 3.85. The number of aromatic nitrogens is 1. The standard InChI is InChI=1S/C33H28N2.C12H11P.Mn/c1-33(2,3)27-12-7-13-28(22-27)35-30-15-5-4-9-23(30)16-17-24-18-19-26(21-31(24)35)29-14-6-10-25-11-8-20-34-32(25)29;1-3-7-11(8-4-1)13-12-9-5-2-6-10-12;/h4-15,18-20H,16-17H2,1-3H3;1-10,13H;/q-2;;+2. The minimum atomic E-state index is 0. The fraction of sp³-hybridized carbons (Fsp3) is 0.133. The Morgan fingerprint density at radius 2 is 1.27 bits per heavy atom. The van der Waals surface area contributed by atoms with Crippen LogP contribution in [0.1, 0.15) is 37.5 Å². The summed E-state index contributed by atoms with van der Waals surface area (Å²) in [6.45, 7) is 6.72. The molecule has 0 amide bonds. The number of rotatable bonds is 4. The van der Waals surface area contributed by atoms with Crippen molar-refractivity contribution in [3.63, 3.8) is 0 Å². The molecule has 8 rings (SSSR count). The van der Waals surface area contributed by atoms with Crippen LogP contribution in [0.15, 0.2) is 152 Å². The maximum absolute atomic E-state index is 4.70. The molecule has 1 aliphatic rings. The first-order valence-electron chi connectivity index (χ1n) is 16.6. The normalized spacial score (nSPS) is 12.1. The van der Waals surface area contributed by atoms with Crippen molar-refractivity contribution < 1.29 is 17.1 Å². The van der Waals surface area contributed by atoms with E-state index < -0.39 is 0 Å². The Morgan fingerprint density at radius 1 is 0.612 bits per heavy atom. The smallest absolute Gasteiger partial charge is 0.352 e. The number of anilines is 3. The number of benzene rings is 6. The molecule has 1 aromatic heterocycles. The number of pyridine rings is 1. The number of hydrogen-bond acceptors (Lipinski definition) is 2. The predicted molar refractivity (Wildman–Crippen MR) is 206 cm³/mol. The minimum absolute atomic E-state index is 0. The van der Waals surface area contributed by atoms with E-state index in [1.165, 1.54) is 33.0 Å². The summed E-state index contributed by atoms with van der Waals surface area (Å²) >= 11 is 0. The SMILES string of the molecule is CC(C)(C)c1[c-]c(N2c3[c-]c(-c4cccc5cccnc45)ccc3CCc3ccccc32)ccc1.[Mn+2].c1ccc(Pc2ccccc2)cc1. The van der Waals surface area contributed by atoms with Crippen LogP contribution < -0.4 is 15.5 Å². The molecule has 241 valence electrons. The van der Waals surface area contributed by atoms with E-state index in [1.807, 2.05) is 12.3 Å².